The Morgan fingerprint density at radius 2 is 1.96 bits per heavy atom. The van der Waals surface area contributed by atoms with Crippen LogP contribution in [-0.4, -0.2) is 34.5 Å². The largest absolute Gasteiger partial charge is 0.338 e. The molecule has 1 N–H and O–H groups in total. The fourth-order valence-electron chi connectivity index (χ4n) is 2.75. The normalized spacial score (nSPS) is 11.2. The van der Waals surface area contributed by atoms with Crippen LogP contribution in [0.25, 0.3) is 11.4 Å². The minimum absolute atomic E-state index is 0.108. The van der Waals surface area contributed by atoms with Crippen molar-refractivity contribution in [3.8, 4) is 11.4 Å². The molecule has 0 radical (unpaired) electrons. The number of carbonyl (C=O) groups excluding carboxylic acids is 1. The zero-order chi connectivity index (χ0) is 20.1. The first kappa shape index (κ1) is 19.7. The maximum atomic E-state index is 13.2. The summed E-state index contributed by atoms with van der Waals surface area (Å²) in [6.07, 6.45) is 0. The maximum Gasteiger partial charge on any atom is 0.241 e. The molecule has 0 unspecified atom stereocenters. The van der Waals surface area contributed by atoms with Crippen LogP contribution in [0, 0.1) is 5.82 Å². The molecule has 0 bridgehead atoms. The van der Waals surface area contributed by atoms with E-state index in [0.717, 1.165) is 5.56 Å². The molecule has 0 saturated heterocycles. The summed E-state index contributed by atoms with van der Waals surface area (Å²) in [7, 11) is 1.77. The van der Waals surface area contributed by atoms with Crippen molar-refractivity contribution in [1.82, 2.24) is 15.0 Å². The monoisotopic (exact) mass is 382 g/mol. The van der Waals surface area contributed by atoms with Crippen LogP contribution in [0.5, 0.6) is 0 Å². The number of hydrogen-bond acceptors (Lipinski definition) is 5. The molecule has 0 aliphatic carbocycles. The number of benzene rings is 2. The Morgan fingerprint density at radius 1 is 1.21 bits per heavy atom. The van der Waals surface area contributed by atoms with Crippen LogP contribution in [0.15, 0.2) is 53.1 Å². The van der Waals surface area contributed by atoms with Crippen molar-refractivity contribution in [2.75, 3.05) is 18.9 Å². The second-order valence-electron chi connectivity index (χ2n) is 7.02. The molecule has 146 valence electrons. The van der Waals surface area contributed by atoms with Crippen molar-refractivity contribution in [3.63, 3.8) is 0 Å². The summed E-state index contributed by atoms with van der Waals surface area (Å²) >= 11 is 0. The van der Waals surface area contributed by atoms with Gasteiger partial charge in [0.15, 0.2) is 0 Å². The highest BCUT2D eigenvalue weighted by Crippen LogP contribution is 2.20. The van der Waals surface area contributed by atoms with E-state index in [-0.39, 0.29) is 12.5 Å². The van der Waals surface area contributed by atoms with Crippen molar-refractivity contribution in [2.24, 2.45) is 0 Å². The Kier molecular flexibility index (Phi) is 6.16. The van der Waals surface area contributed by atoms with Gasteiger partial charge >= 0.3 is 0 Å². The zero-order valence-electron chi connectivity index (χ0n) is 16.1. The van der Waals surface area contributed by atoms with Crippen LogP contribution in [0.4, 0.5) is 10.1 Å². The Balaban J connectivity index is 1.56. The first-order chi connectivity index (χ1) is 13.4. The summed E-state index contributed by atoms with van der Waals surface area (Å²) in [5, 5.41) is 6.67. The van der Waals surface area contributed by atoms with Gasteiger partial charge in [0.1, 0.15) is 5.82 Å². The second-order valence-corrected chi connectivity index (χ2v) is 7.02. The molecule has 0 aliphatic rings. The number of aromatic nitrogens is 2. The highest BCUT2D eigenvalue weighted by Gasteiger charge is 2.13. The highest BCUT2D eigenvalue weighted by atomic mass is 19.1. The van der Waals surface area contributed by atoms with E-state index in [1.807, 2.05) is 12.1 Å². The molecular formula is C21H23FN4O2. The van der Waals surface area contributed by atoms with Crippen molar-refractivity contribution in [2.45, 2.75) is 26.3 Å². The van der Waals surface area contributed by atoms with Crippen molar-refractivity contribution < 1.29 is 13.7 Å². The van der Waals surface area contributed by atoms with E-state index in [1.54, 1.807) is 24.1 Å². The molecule has 0 aliphatic heterocycles. The fourth-order valence-corrected chi connectivity index (χ4v) is 2.75. The molecule has 7 heteroatoms. The fraction of sp³-hybridized carbons (Fsp3) is 0.286. The number of anilines is 1. The molecule has 28 heavy (non-hydrogen) atoms. The van der Waals surface area contributed by atoms with Gasteiger partial charge in [-0.1, -0.05) is 49.3 Å². The first-order valence-corrected chi connectivity index (χ1v) is 9.07. The Bertz CT molecular complexity index is 938. The lowest BCUT2D eigenvalue weighted by Gasteiger charge is -2.13. The van der Waals surface area contributed by atoms with Crippen LogP contribution in [0.1, 0.15) is 31.2 Å². The number of carbonyl (C=O) groups is 1. The average molecular weight is 382 g/mol. The number of nitrogens with one attached hydrogen (secondary N) is 1. The van der Waals surface area contributed by atoms with Gasteiger partial charge in [0.05, 0.1) is 13.1 Å². The Labute approximate surface area is 163 Å². The smallest absolute Gasteiger partial charge is 0.241 e. The van der Waals surface area contributed by atoms with Crippen molar-refractivity contribution >= 4 is 11.6 Å². The minimum Gasteiger partial charge on any atom is -0.338 e. The van der Waals surface area contributed by atoms with Gasteiger partial charge in [-0.25, -0.2) is 4.39 Å². The van der Waals surface area contributed by atoms with Gasteiger partial charge < -0.3 is 9.84 Å². The number of rotatable bonds is 7. The van der Waals surface area contributed by atoms with Crippen LogP contribution in [0.2, 0.25) is 0 Å². The molecule has 0 saturated carbocycles. The van der Waals surface area contributed by atoms with Gasteiger partial charge in [0, 0.05) is 11.3 Å². The SMILES string of the molecule is CC(C)c1ccc(-c2noc(CN(C)CC(=O)Nc3cccc(F)c3)n2)cc1. The summed E-state index contributed by atoms with van der Waals surface area (Å²) in [5.74, 6) is 0.747. The molecule has 0 spiro atoms. The van der Waals surface area contributed by atoms with E-state index in [1.165, 1.54) is 17.7 Å². The lowest BCUT2D eigenvalue weighted by Crippen LogP contribution is -2.29. The highest BCUT2D eigenvalue weighted by molar-refractivity contribution is 5.92. The summed E-state index contributed by atoms with van der Waals surface area (Å²) in [6, 6.07) is 13.8. The first-order valence-electron chi connectivity index (χ1n) is 9.07. The topological polar surface area (TPSA) is 71.3 Å². The van der Waals surface area contributed by atoms with Gasteiger partial charge in [-0.3, -0.25) is 9.69 Å². The molecule has 0 atom stereocenters. The summed E-state index contributed by atoms with van der Waals surface area (Å²) in [6.45, 7) is 4.72. The summed E-state index contributed by atoms with van der Waals surface area (Å²) < 4.78 is 18.5. The number of likely N-dealkylation sites (N-methyl/N-ethyl adjacent to an activating group) is 1. The van der Waals surface area contributed by atoms with E-state index in [2.05, 4.69) is 41.4 Å². The standard InChI is InChI=1S/C21H23FN4O2/c1-14(2)15-7-9-16(10-8-15)21-24-20(28-25-21)13-26(3)12-19(27)23-18-6-4-5-17(22)11-18/h4-11,14H,12-13H2,1-3H3,(H,23,27). The summed E-state index contributed by atoms with van der Waals surface area (Å²) in [5.41, 5.74) is 2.55. The molecule has 0 fully saturated rings. The van der Waals surface area contributed by atoms with Crippen LogP contribution in [0.3, 0.4) is 0 Å². The third-order valence-corrected chi connectivity index (χ3v) is 4.23. The van der Waals surface area contributed by atoms with Crippen molar-refractivity contribution in [3.05, 3.63) is 65.8 Å². The quantitative estimate of drug-likeness (QED) is 0.667. The number of nitrogens with zero attached hydrogens (tertiary/aromatic N) is 3. The molecular weight excluding hydrogens is 359 g/mol. The van der Waals surface area contributed by atoms with E-state index in [4.69, 9.17) is 4.52 Å². The molecule has 3 aromatic rings. The third-order valence-electron chi connectivity index (χ3n) is 4.23. The average Bonchev–Trinajstić information content (AvgIpc) is 3.09. The number of halogens is 1. The second kappa shape index (κ2) is 8.75. The van der Waals surface area contributed by atoms with Gasteiger partial charge in [0.2, 0.25) is 17.6 Å². The molecule has 6 nitrogen and oxygen atoms in total. The van der Waals surface area contributed by atoms with E-state index in [9.17, 15) is 9.18 Å². The lowest BCUT2D eigenvalue weighted by molar-refractivity contribution is -0.117. The van der Waals surface area contributed by atoms with Crippen LogP contribution >= 0.6 is 0 Å². The third kappa shape index (κ3) is 5.23. The van der Waals surface area contributed by atoms with E-state index < -0.39 is 5.82 Å². The van der Waals surface area contributed by atoms with Gasteiger partial charge in [-0.15, -0.1) is 0 Å². The van der Waals surface area contributed by atoms with E-state index >= 15 is 0 Å². The number of hydrogen-bond donors (Lipinski definition) is 1. The molecule has 1 heterocycles. The lowest BCUT2D eigenvalue weighted by atomic mass is 10.0. The predicted octanol–water partition coefficient (Wildman–Crippen LogP) is 4.07. The van der Waals surface area contributed by atoms with E-state index in [0.29, 0.717) is 29.9 Å². The van der Waals surface area contributed by atoms with Crippen molar-refractivity contribution in [1.29, 1.82) is 0 Å². The molecule has 1 aromatic heterocycles. The van der Waals surface area contributed by atoms with Gasteiger partial charge in [0.25, 0.3) is 0 Å². The Morgan fingerprint density at radius 3 is 2.64 bits per heavy atom. The van der Waals surface area contributed by atoms with Crippen LogP contribution < -0.4 is 5.32 Å². The summed E-state index contributed by atoms with van der Waals surface area (Å²) in [4.78, 5) is 18.2. The number of amides is 1. The van der Waals surface area contributed by atoms with Crippen LogP contribution in [-0.2, 0) is 11.3 Å². The Hall–Kier alpha value is -3.06. The molecule has 3 rings (SSSR count). The van der Waals surface area contributed by atoms with Gasteiger partial charge in [-0.2, -0.15) is 4.98 Å². The molecule has 1 amide bonds. The molecule has 2 aromatic carbocycles. The zero-order valence-corrected chi connectivity index (χ0v) is 16.1. The minimum atomic E-state index is -0.397. The maximum absolute atomic E-state index is 13.2. The predicted molar refractivity (Wildman–Crippen MR) is 105 cm³/mol. The van der Waals surface area contributed by atoms with Gasteiger partial charge in [-0.05, 0) is 36.7 Å².